The Morgan fingerprint density at radius 3 is 2.22 bits per heavy atom. The van der Waals surface area contributed by atoms with Crippen LogP contribution in [-0.2, 0) is 15.4 Å². The van der Waals surface area contributed by atoms with E-state index in [-0.39, 0.29) is 10.3 Å². The molecule has 0 aromatic heterocycles. The highest BCUT2D eigenvalue weighted by Crippen LogP contribution is 2.29. The SMILES string of the molecule is CCC(C)(C)c1ccc(S(=O)(=O)Nc2ccccc2OC)cc1. The summed E-state index contributed by atoms with van der Waals surface area (Å²) in [7, 11) is -2.14. The lowest BCUT2D eigenvalue weighted by Crippen LogP contribution is -2.17. The summed E-state index contributed by atoms with van der Waals surface area (Å²) in [6.07, 6.45) is 0.985. The third-order valence-electron chi connectivity index (χ3n) is 4.18. The van der Waals surface area contributed by atoms with Crippen LogP contribution in [0.15, 0.2) is 53.4 Å². The summed E-state index contributed by atoms with van der Waals surface area (Å²) in [5, 5.41) is 0. The van der Waals surface area contributed by atoms with Crippen LogP contribution in [0.25, 0.3) is 0 Å². The molecule has 1 N–H and O–H groups in total. The van der Waals surface area contributed by atoms with Gasteiger partial charge >= 0.3 is 0 Å². The fourth-order valence-corrected chi connectivity index (χ4v) is 3.29. The van der Waals surface area contributed by atoms with E-state index in [1.807, 2.05) is 12.1 Å². The number of sulfonamides is 1. The maximum Gasteiger partial charge on any atom is 0.262 e. The summed E-state index contributed by atoms with van der Waals surface area (Å²) in [6, 6.07) is 14.0. The monoisotopic (exact) mass is 333 g/mol. The van der Waals surface area contributed by atoms with Crippen LogP contribution in [-0.4, -0.2) is 15.5 Å². The van der Waals surface area contributed by atoms with E-state index in [2.05, 4.69) is 25.5 Å². The molecule has 124 valence electrons. The number of rotatable bonds is 6. The van der Waals surface area contributed by atoms with Gasteiger partial charge in [-0.15, -0.1) is 0 Å². The Labute approximate surface area is 138 Å². The summed E-state index contributed by atoms with van der Waals surface area (Å²) >= 11 is 0. The second-order valence-electron chi connectivity index (χ2n) is 6.07. The van der Waals surface area contributed by atoms with Gasteiger partial charge in [0.15, 0.2) is 0 Å². The number of methoxy groups -OCH3 is 1. The van der Waals surface area contributed by atoms with Crippen LogP contribution in [0.4, 0.5) is 5.69 Å². The molecule has 23 heavy (non-hydrogen) atoms. The van der Waals surface area contributed by atoms with Crippen LogP contribution in [0.2, 0.25) is 0 Å². The lowest BCUT2D eigenvalue weighted by Gasteiger charge is -2.23. The molecule has 0 aliphatic rings. The van der Waals surface area contributed by atoms with Crippen molar-refractivity contribution in [1.82, 2.24) is 0 Å². The summed E-state index contributed by atoms with van der Waals surface area (Å²) in [5.41, 5.74) is 1.57. The van der Waals surface area contributed by atoms with Crippen molar-refractivity contribution in [2.45, 2.75) is 37.5 Å². The molecule has 0 fully saturated rings. The molecule has 2 rings (SSSR count). The smallest absolute Gasteiger partial charge is 0.262 e. The van der Waals surface area contributed by atoms with Crippen molar-refractivity contribution in [2.24, 2.45) is 0 Å². The second kappa shape index (κ2) is 6.62. The van der Waals surface area contributed by atoms with E-state index in [4.69, 9.17) is 4.74 Å². The van der Waals surface area contributed by atoms with Gasteiger partial charge in [0.25, 0.3) is 10.0 Å². The van der Waals surface area contributed by atoms with Crippen LogP contribution in [0, 0.1) is 0 Å². The largest absolute Gasteiger partial charge is 0.495 e. The molecule has 0 bridgehead atoms. The van der Waals surface area contributed by atoms with Crippen LogP contribution in [0.1, 0.15) is 32.8 Å². The average molecular weight is 333 g/mol. The number of para-hydroxylation sites is 2. The lowest BCUT2D eigenvalue weighted by atomic mass is 9.82. The van der Waals surface area contributed by atoms with E-state index in [1.54, 1.807) is 36.4 Å². The molecule has 0 aliphatic heterocycles. The molecular formula is C18H23NO3S. The zero-order chi connectivity index (χ0) is 17.1. The molecule has 0 saturated carbocycles. The van der Waals surface area contributed by atoms with Gasteiger partial charge in [0.05, 0.1) is 17.7 Å². The summed E-state index contributed by atoms with van der Waals surface area (Å²) in [4.78, 5) is 0.235. The molecule has 0 aliphatic carbocycles. The van der Waals surface area contributed by atoms with Crippen molar-refractivity contribution in [3.05, 3.63) is 54.1 Å². The minimum atomic E-state index is -3.64. The number of benzene rings is 2. The predicted molar refractivity (Wildman–Crippen MR) is 93.6 cm³/mol. The molecule has 4 nitrogen and oxygen atoms in total. The number of hydrogen-bond acceptors (Lipinski definition) is 3. The molecule has 0 spiro atoms. The molecule has 0 amide bonds. The van der Waals surface area contributed by atoms with Crippen molar-refractivity contribution in [3.8, 4) is 5.75 Å². The van der Waals surface area contributed by atoms with E-state index >= 15 is 0 Å². The number of hydrogen-bond donors (Lipinski definition) is 1. The Morgan fingerprint density at radius 2 is 1.65 bits per heavy atom. The first-order chi connectivity index (χ1) is 10.8. The molecule has 0 atom stereocenters. The Morgan fingerprint density at radius 1 is 1.04 bits per heavy atom. The Bertz CT molecular complexity index is 765. The number of anilines is 1. The van der Waals surface area contributed by atoms with Gasteiger partial charge in [-0.25, -0.2) is 8.42 Å². The van der Waals surface area contributed by atoms with Gasteiger partial charge in [-0.1, -0.05) is 45.0 Å². The molecule has 2 aromatic carbocycles. The van der Waals surface area contributed by atoms with E-state index in [0.29, 0.717) is 11.4 Å². The lowest BCUT2D eigenvalue weighted by molar-refractivity contribution is 0.417. The third kappa shape index (κ3) is 3.85. The fraction of sp³-hybridized carbons (Fsp3) is 0.333. The van der Waals surface area contributed by atoms with E-state index < -0.39 is 10.0 Å². The van der Waals surface area contributed by atoms with Crippen molar-refractivity contribution in [1.29, 1.82) is 0 Å². The molecule has 2 aromatic rings. The zero-order valence-corrected chi connectivity index (χ0v) is 14.8. The van der Waals surface area contributed by atoms with E-state index in [9.17, 15) is 8.42 Å². The molecular weight excluding hydrogens is 310 g/mol. The minimum absolute atomic E-state index is 0.0262. The van der Waals surface area contributed by atoms with Crippen molar-refractivity contribution < 1.29 is 13.2 Å². The molecule has 5 heteroatoms. The number of nitrogens with one attached hydrogen (secondary N) is 1. The molecule has 0 unspecified atom stereocenters. The Kier molecular flexibility index (Phi) is 5.00. The van der Waals surface area contributed by atoms with Gasteiger partial charge in [-0.3, -0.25) is 4.72 Å². The van der Waals surface area contributed by atoms with Crippen LogP contribution in [0.3, 0.4) is 0 Å². The van der Waals surface area contributed by atoms with E-state index in [1.165, 1.54) is 7.11 Å². The Hall–Kier alpha value is -2.01. The molecule has 0 radical (unpaired) electrons. The first-order valence-electron chi connectivity index (χ1n) is 7.56. The first kappa shape index (κ1) is 17.3. The van der Waals surface area contributed by atoms with Crippen molar-refractivity contribution in [2.75, 3.05) is 11.8 Å². The highest BCUT2D eigenvalue weighted by molar-refractivity contribution is 7.92. The fourth-order valence-electron chi connectivity index (χ4n) is 2.22. The highest BCUT2D eigenvalue weighted by Gasteiger charge is 2.20. The van der Waals surface area contributed by atoms with Gasteiger partial charge < -0.3 is 4.74 Å². The third-order valence-corrected chi connectivity index (χ3v) is 5.56. The summed E-state index contributed by atoms with van der Waals surface area (Å²) in [6.45, 7) is 6.40. The highest BCUT2D eigenvalue weighted by atomic mass is 32.2. The average Bonchev–Trinajstić information content (AvgIpc) is 2.55. The van der Waals surface area contributed by atoms with Gasteiger partial charge in [0, 0.05) is 0 Å². The summed E-state index contributed by atoms with van der Waals surface area (Å²) in [5.74, 6) is 0.486. The van der Waals surface area contributed by atoms with Crippen LogP contribution in [0.5, 0.6) is 5.75 Å². The molecule has 0 saturated heterocycles. The van der Waals surface area contributed by atoms with E-state index in [0.717, 1.165) is 12.0 Å². The maximum atomic E-state index is 12.5. The minimum Gasteiger partial charge on any atom is -0.495 e. The Balaban J connectivity index is 2.30. The quantitative estimate of drug-likeness (QED) is 0.862. The normalized spacial score (nSPS) is 12.0. The van der Waals surface area contributed by atoms with Gasteiger partial charge in [-0.2, -0.15) is 0 Å². The first-order valence-corrected chi connectivity index (χ1v) is 9.05. The molecule has 0 heterocycles. The summed E-state index contributed by atoms with van der Waals surface area (Å²) < 4.78 is 32.8. The van der Waals surface area contributed by atoms with Crippen molar-refractivity contribution >= 4 is 15.7 Å². The van der Waals surface area contributed by atoms with Gasteiger partial charge in [0.1, 0.15) is 5.75 Å². The second-order valence-corrected chi connectivity index (χ2v) is 7.75. The topological polar surface area (TPSA) is 55.4 Å². The van der Waals surface area contributed by atoms with Crippen LogP contribution >= 0.6 is 0 Å². The van der Waals surface area contributed by atoms with Gasteiger partial charge in [-0.05, 0) is 41.7 Å². The number of ether oxygens (including phenoxy) is 1. The zero-order valence-electron chi connectivity index (χ0n) is 14.0. The maximum absolute atomic E-state index is 12.5. The van der Waals surface area contributed by atoms with Crippen LogP contribution < -0.4 is 9.46 Å². The predicted octanol–water partition coefficient (Wildman–Crippen LogP) is 4.18. The standard InChI is InChI=1S/C18H23NO3S/c1-5-18(2,3)14-10-12-15(13-11-14)23(20,21)19-16-8-6-7-9-17(16)22-4/h6-13,19H,5H2,1-4H3. The van der Waals surface area contributed by atoms with Gasteiger partial charge in [0.2, 0.25) is 0 Å². The van der Waals surface area contributed by atoms with Crippen molar-refractivity contribution in [3.63, 3.8) is 0 Å².